The number of nitrogens with zero attached hydrogens (tertiary/aromatic N) is 2. The highest BCUT2D eigenvalue weighted by Crippen LogP contribution is 1.93. The van der Waals surface area contributed by atoms with Gasteiger partial charge in [-0.25, -0.2) is 4.79 Å². The van der Waals surface area contributed by atoms with Crippen molar-refractivity contribution in [2.45, 2.75) is 13.8 Å². The Hall–Kier alpha value is -1.18. The van der Waals surface area contributed by atoms with Gasteiger partial charge in [0.1, 0.15) is 0 Å². The van der Waals surface area contributed by atoms with E-state index in [0.29, 0.717) is 12.5 Å². The molecule has 122 valence electrons. The van der Waals surface area contributed by atoms with Crippen LogP contribution in [0.1, 0.15) is 13.8 Å². The van der Waals surface area contributed by atoms with Gasteiger partial charge in [0.15, 0.2) is 0 Å². The average molecular weight is 299 g/mol. The summed E-state index contributed by atoms with van der Waals surface area (Å²) >= 11 is 0. The van der Waals surface area contributed by atoms with Crippen molar-refractivity contribution in [1.29, 1.82) is 0 Å². The van der Waals surface area contributed by atoms with E-state index in [0.717, 1.165) is 39.3 Å². The van der Waals surface area contributed by atoms with Crippen LogP contribution in [0.2, 0.25) is 0 Å². The first-order chi connectivity index (χ1) is 9.97. The van der Waals surface area contributed by atoms with Crippen LogP contribution in [0.25, 0.3) is 0 Å². The van der Waals surface area contributed by atoms with E-state index >= 15 is 0 Å². The van der Waals surface area contributed by atoms with Crippen molar-refractivity contribution in [3.05, 3.63) is 0 Å². The zero-order valence-corrected chi connectivity index (χ0v) is 13.4. The fourth-order valence-corrected chi connectivity index (χ4v) is 2.08. The van der Waals surface area contributed by atoms with Gasteiger partial charge in [0.2, 0.25) is 5.91 Å². The zero-order chi connectivity index (χ0) is 15.7. The molecule has 1 heterocycles. The minimum Gasteiger partial charge on any atom is -0.338 e. The summed E-state index contributed by atoms with van der Waals surface area (Å²) in [6, 6.07) is -0.413. The van der Waals surface area contributed by atoms with E-state index in [9.17, 15) is 9.59 Å². The molecule has 0 spiro atoms. The molecule has 0 atom stereocenters. The molecule has 7 heteroatoms. The van der Waals surface area contributed by atoms with Crippen LogP contribution in [0.4, 0.5) is 4.79 Å². The summed E-state index contributed by atoms with van der Waals surface area (Å²) in [5, 5.41) is 8.33. The van der Waals surface area contributed by atoms with E-state index in [1.54, 1.807) is 0 Å². The quantitative estimate of drug-likeness (QED) is 0.580. The highest BCUT2D eigenvalue weighted by molar-refractivity contribution is 5.95. The van der Waals surface area contributed by atoms with Crippen molar-refractivity contribution in [3.8, 4) is 0 Å². The minimum absolute atomic E-state index is 0.237. The maximum absolute atomic E-state index is 11.7. The number of hydrogen-bond acceptors (Lipinski definition) is 5. The fourth-order valence-electron chi connectivity index (χ4n) is 2.08. The number of nitrogens with one attached hydrogen (secondary N) is 3. The van der Waals surface area contributed by atoms with Gasteiger partial charge in [-0.2, -0.15) is 0 Å². The predicted octanol–water partition coefficient (Wildman–Crippen LogP) is -0.695. The smallest absolute Gasteiger partial charge is 0.321 e. The Morgan fingerprint density at radius 2 is 1.95 bits per heavy atom. The fraction of sp³-hybridized carbons (Fsp3) is 0.857. The molecule has 0 aliphatic carbocycles. The molecule has 1 fully saturated rings. The van der Waals surface area contributed by atoms with Gasteiger partial charge in [0.25, 0.3) is 0 Å². The monoisotopic (exact) mass is 299 g/mol. The Bertz CT molecular complexity index is 329. The molecule has 0 bridgehead atoms. The minimum atomic E-state index is -0.413. The Morgan fingerprint density at radius 3 is 2.57 bits per heavy atom. The van der Waals surface area contributed by atoms with Crippen LogP contribution in [-0.4, -0.2) is 81.1 Å². The first kappa shape index (κ1) is 17.9. The molecular weight excluding hydrogens is 270 g/mol. The first-order valence-electron chi connectivity index (χ1n) is 7.66. The first-order valence-corrected chi connectivity index (χ1v) is 7.66. The van der Waals surface area contributed by atoms with E-state index in [-0.39, 0.29) is 12.5 Å². The third-order valence-corrected chi connectivity index (χ3v) is 3.34. The van der Waals surface area contributed by atoms with Gasteiger partial charge in [0.05, 0.1) is 6.54 Å². The molecule has 0 radical (unpaired) electrons. The van der Waals surface area contributed by atoms with Gasteiger partial charge >= 0.3 is 6.03 Å². The number of rotatable bonds is 7. The van der Waals surface area contributed by atoms with Crippen LogP contribution in [0.5, 0.6) is 0 Å². The summed E-state index contributed by atoms with van der Waals surface area (Å²) in [5.41, 5.74) is 0. The van der Waals surface area contributed by atoms with Gasteiger partial charge in [-0.05, 0) is 13.0 Å². The second-order valence-corrected chi connectivity index (χ2v) is 5.98. The summed E-state index contributed by atoms with van der Waals surface area (Å²) in [5.74, 6) is 0.103. The molecule has 21 heavy (non-hydrogen) atoms. The van der Waals surface area contributed by atoms with Crippen LogP contribution < -0.4 is 16.0 Å². The molecule has 0 aromatic carbocycles. The maximum Gasteiger partial charge on any atom is 0.321 e. The van der Waals surface area contributed by atoms with Crippen LogP contribution in [0.15, 0.2) is 0 Å². The van der Waals surface area contributed by atoms with Gasteiger partial charge in [-0.1, -0.05) is 13.8 Å². The molecule has 0 saturated carbocycles. The lowest BCUT2D eigenvalue weighted by Gasteiger charge is -2.28. The van der Waals surface area contributed by atoms with Crippen LogP contribution >= 0.6 is 0 Å². The van der Waals surface area contributed by atoms with Crippen LogP contribution in [0.3, 0.4) is 0 Å². The number of amides is 3. The highest BCUT2D eigenvalue weighted by Gasteiger charge is 2.13. The molecule has 3 amide bonds. The lowest BCUT2D eigenvalue weighted by atomic mass is 10.2. The van der Waals surface area contributed by atoms with Gasteiger partial charge in [-0.3, -0.25) is 19.9 Å². The summed E-state index contributed by atoms with van der Waals surface area (Å²) in [6.07, 6.45) is 0. The second-order valence-electron chi connectivity index (χ2n) is 5.98. The standard InChI is InChI=1S/C14H29N5O2/c1-12(2)10-16-14(21)17-13(20)11-18(3)8-9-19-6-4-15-5-7-19/h12,15H,4-11H2,1-3H3,(H2,16,17,20,21). The number of carbonyl (C=O) groups is 2. The maximum atomic E-state index is 11.7. The van der Waals surface area contributed by atoms with Crippen molar-refractivity contribution in [1.82, 2.24) is 25.8 Å². The second kappa shape index (κ2) is 9.70. The normalized spacial score (nSPS) is 16.2. The van der Waals surface area contributed by atoms with Gasteiger partial charge in [0, 0.05) is 45.8 Å². The number of piperazine rings is 1. The molecule has 1 rings (SSSR count). The number of hydrogen-bond donors (Lipinski definition) is 3. The van der Waals surface area contributed by atoms with Crippen molar-refractivity contribution in [3.63, 3.8) is 0 Å². The topological polar surface area (TPSA) is 76.7 Å². The third kappa shape index (κ3) is 8.64. The highest BCUT2D eigenvalue weighted by atomic mass is 16.2. The van der Waals surface area contributed by atoms with E-state index in [1.807, 2.05) is 25.8 Å². The van der Waals surface area contributed by atoms with E-state index in [2.05, 4.69) is 20.9 Å². The van der Waals surface area contributed by atoms with Gasteiger partial charge < -0.3 is 10.6 Å². The third-order valence-electron chi connectivity index (χ3n) is 3.34. The summed E-state index contributed by atoms with van der Waals surface area (Å²) in [4.78, 5) is 27.5. The zero-order valence-electron chi connectivity index (χ0n) is 13.4. The number of likely N-dealkylation sites (N-methyl/N-ethyl adjacent to an activating group) is 1. The van der Waals surface area contributed by atoms with Gasteiger partial charge in [-0.15, -0.1) is 0 Å². The van der Waals surface area contributed by atoms with Crippen molar-refractivity contribution in [2.24, 2.45) is 5.92 Å². The number of carbonyl (C=O) groups excluding carboxylic acids is 2. The molecule has 7 nitrogen and oxygen atoms in total. The molecular formula is C14H29N5O2. The molecule has 1 aliphatic heterocycles. The van der Waals surface area contributed by atoms with Crippen molar-refractivity contribution in [2.75, 3.05) is 59.4 Å². The SMILES string of the molecule is CC(C)CNC(=O)NC(=O)CN(C)CCN1CCNCC1. The Morgan fingerprint density at radius 1 is 1.29 bits per heavy atom. The summed E-state index contributed by atoms with van der Waals surface area (Å²) in [7, 11) is 1.90. The molecule has 0 aromatic rings. The van der Waals surface area contributed by atoms with E-state index in [4.69, 9.17) is 0 Å². The number of imide groups is 1. The Balaban J connectivity index is 2.13. The average Bonchev–Trinajstić information content (AvgIpc) is 2.44. The Labute approximate surface area is 127 Å². The van der Waals surface area contributed by atoms with E-state index in [1.165, 1.54) is 0 Å². The Kier molecular flexibility index (Phi) is 8.26. The molecule has 3 N–H and O–H groups in total. The molecule has 1 saturated heterocycles. The predicted molar refractivity (Wildman–Crippen MR) is 83.2 cm³/mol. The largest absolute Gasteiger partial charge is 0.338 e. The lowest BCUT2D eigenvalue weighted by molar-refractivity contribution is -0.120. The van der Waals surface area contributed by atoms with E-state index < -0.39 is 6.03 Å². The van der Waals surface area contributed by atoms with Crippen LogP contribution in [-0.2, 0) is 4.79 Å². The van der Waals surface area contributed by atoms with Crippen molar-refractivity contribution < 1.29 is 9.59 Å². The molecule has 0 unspecified atom stereocenters. The summed E-state index contributed by atoms with van der Waals surface area (Å²) in [6.45, 7) is 10.7. The molecule has 1 aliphatic rings. The summed E-state index contributed by atoms with van der Waals surface area (Å²) < 4.78 is 0. The van der Waals surface area contributed by atoms with Crippen LogP contribution in [0, 0.1) is 5.92 Å². The molecule has 0 aromatic heterocycles. The number of urea groups is 1. The van der Waals surface area contributed by atoms with Crippen molar-refractivity contribution >= 4 is 11.9 Å². The lowest BCUT2D eigenvalue weighted by Crippen LogP contribution is -2.48.